The fourth-order valence-corrected chi connectivity index (χ4v) is 4.37. The molecule has 0 bridgehead atoms. The molecule has 0 saturated carbocycles. The molecule has 0 radical (unpaired) electrons. The molecule has 1 atom stereocenters. The SMILES string of the molecule is COc1cc(N2CCC3(CC2)CC(O)CN(C(=O)Cn2ccnc2)C3)ncn1. The molecule has 0 aliphatic carbocycles. The minimum absolute atomic E-state index is 0.0269. The predicted molar refractivity (Wildman–Crippen MR) is 102 cm³/mol. The Morgan fingerprint density at radius 3 is 2.89 bits per heavy atom. The van der Waals surface area contributed by atoms with Gasteiger partial charge in [-0.3, -0.25) is 4.79 Å². The Morgan fingerprint density at radius 2 is 2.18 bits per heavy atom. The molecule has 2 saturated heterocycles. The molecule has 9 nitrogen and oxygen atoms in total. The third-order valence-corrected chi connectivity index (χ3v) is 5.84. The van der Waals surface area contributed by atoms with Crippen LogP contribution in [0.1, 0.15) is 19.3 Å². The molecule has 2 aromatic heterocycles. The van der Waals surface area contributed by atoms with E-state index in [1.807, 2.05) is 11.0 Å². The number of aliphatic hydroxyl groups is 1. The number of carbonyl (C=O) groups excluding carboxylic acids is 1. The Hall–Kier alpha value is -2.68. The molecule has 150 valence electrons. The van der Waals surface area contributed by atoms with Crippen LogP contribution in [0.25, 0.3) is 0 Å². The lowest BCUT2D eigenvalue weighted by Gasteiger charge is -2.49. The van der Waals surface area contributed by atoms with Crippen LogP contribution < -0.4 is 9.64 Å². The van der Waals surface area contributed by atoms with Crippen molar-refractivity contribution in [2.75, 3.05) is 38.2 Å². The molecule has 2 aliphatic heterocycles. The number of hydrogen-bond acceptors (Lipinski definition) is 7. The quantitative estimate of drug-likeness (QED) is 0.820. The highest BCUT2D eigenvalue weighted by Gasteiger charge is 2.43. The van der Waals surface area contributed by atoms with E-state index in [-0.39, 0.29) is 17.9 Å². The highest BCUT2D eigenvalue weighted by molar-refractivity contribution is 5.76. The summed E-state index contributed by atoms with van der Waals surface area (Å²) in [6, 6.07) is 1.84. The van der Waals surface area contributed by atoms with Crippen molar-refractivity contribution >= 4 is 11.7 Å². The molecular formula is C19H26N6O3. The number of piperidine rings is 2. The van der Waals surface area contributed by atoms with Crippen LogP contribution in [0.4, 0.5) is 5.82 Å². The summed E-state index contributed by atoms with van der Waals surface area (Å²) in [7, 11) is 1.59. The number of carbonyl (C=O) groups is 1. The van der Waals surface area contributed by atoms with E-state index in [1.165, 1.54) is 6.33 Å². The molecule has 4 rings (SSSR count). The summed E-state index contributed by atoms with van der Waals surface area (Å²) < 4.78 is 6.96. The number of aliphatic hydroxyl groups excluding tert-OH is 1. The predicted octanol–water partition coefficient (Wildman–Crippen LogP) is 0.562. The van der Waals surface area contributed by atoms with Gasteiger partial charge in [0, 0.05) is 44.6 Å². The number of ether oxygens (including phenoxy) is 1. The largest absolute Gasteiger partial charge is 0.481 e. The Morgan fingerprint density at radius 1 is 1.36 bits per heavy atom. The highest BCUT2D eigenvalue weighted by atomic mass is 16.5. The van der Waals surface area contributed by atoms with E-state index in [4.69, 9.17) is 4.74 Å². The Labute approximate surface area is 164 Å². The molecular weight excluding hydrogens is 360 g/mol. The molecule has 28 heavy (non-hydrogen) atoms. The summed E-state index contributed by atoms with van der Waals surface area (Å²) >= 11 is 0. The van der Waals surface area contributed by atoms with Gasteiger partial charge in [0.15, 0.2) is 0 Å². The molecule has 1 spiro atoms. The van der Waals surface area contributed by atoms with Crippen LogP contribution in [0.3, 0.4) is 0 Å². The van der Waals surface area contributed by atoms with Gasteiger partial charge in [-0.25, -0.2) is 15.0 Å². The van der Waals surface area contributed by atoms with Gasteiger partial charge >= 0.3 is 0 Å². The number of methoxy groups -OCH3 is 1. The molecule has 1 amide bonds. The van der Waals surface area contributed by atoms with Gasteiger partial charge in [-0.1, -0.05) is 0 Å². The van der Waals surface area contributed by atoms with Crippen molar-refractivity contribution in [2.45, 2.75) is 31.9 Å². The average Bonchev–Trinajstić information content (AvgIpc) is 3.21. The normalized spacial score (nSPS) is 21.7. The van der Waals surface area contributed by atoms with Gasteiger partial charge in [-0.15, -0.1) is 0 Å². The second-order valence-corrected chi connectivity index (χ2v) is 7.77. The number of likely N-dealkylation sites (tertiary alicyclic amines) is 1. The van der Waals surface area contributed by atoms with Gasteiger partial charge in [-0.05, 0) is 24.7 Å². The van der Waals surface area contributed by atoms with E-state index >= 15 is 0 Å². The fourth-order valence-electron chi connectivity index (χ4n) is 4.37. The van der Waals surface area contributed by atoms with Crippen LogP contribution in [-0.4, -0.2) is 74.8 Å². The molecule has 2 fully saturated rings. The third-order valence-electron chi connectivity index (χ3n) is 5.84. The van der Waals surface area contributed by atoms with Crippen molar-refractivity contribution in [3.63, 3.8) is 0 Å². The van der Waals surface area contributed by atoms with Crippen LogP contribution in [-0.2, 0) is 11.3 Å². The summed E-state index contributed by atoms with van der Waals surface area (Å²) in [5, 5.41) is 10.5. The van der Waals surface area contributed by atoms with Gasteiger partial charge in [0.1, 0.15) is 18.7 Å². The topological polar surface area (TPSA) is 96.6 Å². The van der Waals surface area contributed by atoms with Crippen LogP contribution >= 0.6 is 0 Å². The first-order valence-electron chi connectivity index (χ1n) is 9.59. The third kappa shape index (κ3) is 3.94. The number of aromatic nitrogens is 4. The monoisotopic (exact) mass is 386 g/mol. The summed E-state index contributed by atoms with van der Waals surface area (Å²) in [6.07, 6.45) is 8.67. The molecule has 2 aromatic rings. The molecule has 1 N–H and O–H groups in total. The number of rotatable bonds is 4. The van der Waals surface area contributed by atoms with Crippen LogP contribution in [0.15, 0.2) is 31.1 Å². The first-order valence-corrected chi connectivity index (χ1v) is 9.59. The van der Waals surface area contributed by atoms with Crippen LogP contribution in [0.2, 0.25) is 0 Å². The molecule has 4 heterocycles. The number of anilines is 1. The lowest BCUT2D eigenvalue weighted by Crippen LogP contribution is -2.55. The number of imidazole rings is 1. The molecule has 0 aromatic carbocycles. The minimum Gasteiger partial charge on any atom is -0.481 e. The van der Waals surface area contributed by atoms with Crippen molar-refractivity contribution in [2.24, 2.45) is 5.41 Å². The second kappa shape index (κ2) is 7.75. The maximum absolute atomic E-state index is 12.7. The summed E-state index contributed by atoms with van der Waals surface area (Å²) in [5.74, 6) is 1.43. The summed E-state index contributed by atoms with van der Waals surface area (Å²) in [5.41, 5.74) is -0.0458. The Kier molecular flexibility index (Phi) is 5.17. The van der Waals surface area contributed by atoms with Crippen LogP contribution in [0.5, 0.6) is 5.88 Å². The molecule has 9 heteroatoms. The Balaban J connectivity index is 1.41. The standard InChI is InChI=1S/C19H26N6O3/c1-28-17-8-16(21-13-22-17)24-5-2-19(3-6-24)9-15(26)10-25(12-19)18(27)11-23-7-4-20-14-23/h4,7-8,13-15,26H,2-3,5-6,9-12H2,1H3. The van der Waals surface area contributed by atoms with E-state index < -0.39 is 6.10 Å². The lowest BCUT2D eigenvalue weighted by molar-refractivity contribution is -0.140. The van der Waals surface area contributed by atoms with E-state index in [1.54, 1.807) is 30.4 Å². The van der Waals surface area contributed by atoms with E-state index in [0.29, 0.717) is 19.0 Å². The van der Waals surface area contributed by atoms with Gasteiger partial charge < -0.3 is 24.2 Å². The maximum atomic E-state index is 12.7. The Bertz CT molecular complexity index is 804. The zero-order valence-corrected chi connectivity index (χ0v) is 16.1. The number of nitrogens with zero attached hydrogens (tertiary/aromatic N) is 6. The van der Waals surface area contributed by atoms with Crippen molar-refractivity contribution < 1.29 is 14.6 Å². The second-order valence-electron chi connectivity index (χ2n) is 7.77. The zero-order valence-electron chi connectivity index (χ0n) is 16.1. The molecule has 1 unspecified atom stereocenters. The first-order chi connectivity index (χ1) is 13.6. The van der Waals surface area contributed by atoms with E-state index in [0.717, 1.165) is 38.2 Å². The van der Waals surface area contributed by atoms with Crippen molar-refractivity contribution in [3.05, 3.63) is 31.1 Å². The van der Waals surface area contributed by atoms with Gasteiger partial charge in [0.2, 0.25) is 11.8 Å². The van der Waals surface area contributed by atoms with E-state index in [2.05, 4.69) is 19.9 Å². The van der Waals surface area contributed by atoms with Crippen molar-refractivity contribution in [1.29, 1.82) is 0 Å². The van der Waals surface area contributed by atoms with Crippen molar-refractivity contribution in [1.82, 2.24) is 24.4 Å². The van der Waals surface area contributed by atoms with Crippen molar-refractivity contribution in [3.8, 4) is 5.88 Å². The number of β-amino-alcohol motifs (C(OH)–C–C–N with tert-alkyl or cyclic N) is 1. The zero-order chi connectivity index (χ0) is 19.6. The molecule has 2 aliphatic rings. The minimum atomic E-state index is -0.480. The van der Waals surface area contributed by atoms with Gasteiger partial charge in [0.05, 0.1) is 19.5 Å². The van der Waals surface area contributed by atoms with Gasteiger partial charge in [-0.2, -0.15) is 0 Å². The first kappa shape index (κ1) is 18.7. The number of amides is 1. The van der Waals surface area contributed by atoms with E-state index in [9.17, 15) is 9.90 Å². The summed E-state index contributed by atoms with van der Waals surface area (Å²) in [6.45, 7) is 3.02. The maximum Gasteiger partial charge on any atom is 0.242 e. The van der Waals surface area contributed by atoms with Crippen LogP contribution in [0, 0.1) is 5.41 Å². The summed E-state index contributed by atoms with van der Waals surface area (Å²) in [4.78, 5) is 29.2. The number of hydrogen-bond donors (Lipinski definition) is 1. The highest BCUT2D eigenvalue weighted by Crippen LogP contribution is 2.41. The smallest absolute Gasteiger partial charge is 0.242 e. The van der Waals surface area contributed by atoms with Gasteiger partial charge in [0.25, 0.3) is 0 Å². The average molecular weight is 386 g/mol. The fraction of sp³-hybridized carbons (Fsp3) is 0.579. The lowest BCUT2D eigenvalue weighted by atomic mass is 9.71.